The standard InChI is InChI=1S/C23H19N7OS2/c24-18-8-9-25-19-7-6-16(13-17(18)19)15-4-1-3-14(11-15)12-20-22(31)30(23(32)33-20)10-2-5-21-26-28-29-27-21/h1,3-4,6-9,11-13H,2,5,10H2,(H2,24,25)(H,26,27,28,29)/b20-12-. The first kappa shape index (κ1) is 21.2. The van der Waals surface area contributed by atoms with Gasteiger partial charge in [-0.2, -0.15) is 5.21 Å². The highest BCUT2D eigenvalue weighted by molar-refractivity contribution is 8.26. The SMILES string of the molecule is Nc1ccnc2ccc(-c3cccc(/C=C4\SC(=S)N(CCCc5nn[nH]n5)C4=O)c3)cc12. The number of thioether (sulfide) groups is 1. The van der Waals surface area contributed by atoms with Crippen LogP contribution in [0.25, 0.3) is 28.1 Å². The highest BCUT2D eigenvalue weighted by Gasteiger charge is 2.31. The first-order valence-corrected chi connectivity index (χ1v) is 11.5. The Hall–Kier alpha value is -3.63. The van der Waals surface area contributed by atoms with Gasteiger partial charge in [0.1, 0.15) is 4.32 Å². The number of tetrazole rings is 1. The number of rotatable bonds is 6. The van der Waals surface area contributed by atoms with Crippen molar-refractivity contribution in [2.45, 2.75) is 12.8 Å². The molecule has 2 aromatic carbocycles. The van der Waals surface area contributed by atoms with Gasteiger partial charge in [-0.3, -0.25) is 14.7 Å². The lowest BCUT2D eigenvalue weighted by atomic mass is 10.0. The lowest BCUT2D eigenvalue weighted by Crippen LogP contribution is -2.29. The van der Waals surface area contributed by atoms with Crippen LogP contribution in [-0.2, 0) is 11.2 Å². The topological polar surface area (TPSA) is 114 Å². The van der Waals surface area contributed by atoms with Gasteiger partial charge in [0, 0.05) is 30.2 Å². The van der Waals surface area contributed by atoms with E-state index in [1.54, 1.807) is 17.2 Å². The molecule has 164 valence electrons. The van der Waals surface area contributed by atoms with Crippen LogP contribution in [0.3, 0.4) is 0 Å². The van der Waals surface area contributed by atoms with Crippen molar-refractivity contribution in [3.05, 3.63) is 71.0 Å². The second kappa shape index (κ2) is 9.08. The molecule has 3 heterocycles. The van der Waals surface area contributed by atoms with Gasteiger partial charge >= 0.3 is 0 Å². The van der Waals surface area contributed by atoms with Crippen LogP contribution in [-0.4, -0.2) is 47.3 Å². The second-order valence-corrected chi connectivity index (χ2v) is 9.20. The van der Waals surface area contributed by atoms with Gasteiger partial charge < -0.3 is 5.73 Å². The molecule has 5 rings (SSSR count). The van der Waals surface area contributed by atoms with Crippen molar-refractivity contribution in [1.29, 1.82) is 0 Å². The van der Waals surface area contributed by atoms with E-state index >= 15 is 0 Å². The number of aryl methyl sites for hydroxylation is 1. The zero-order valence-electron chi connectivity index (χ0n) is 17.4. The molecule has 1 fully saturated rings. The molecular formula is C23H19N7OS2. The fourth-order valence-electron chi connectivity index (χ4n) is 3.68. The summed E-state index contributed by atoms with van der Waals surface area (Å²) in [7, 11) is 0. The molecule has 0 unspecified atom stereocenters. The number of nitrogens with zero attached hydrogens (tertiary/aromatic N) is 5. The summed E-state index contributed by atoms with van der Waals surface area (Å²) < 4.78 is 0.563. The molecule has 1 amide bonds. The second-order valence-electron chi connectivity index (χ2n) is 7.52. The lowest BCUT2D eigenvalue weighted by molar-refractivity contribution is -0.122. The van der Waals surface area contributed by atoms with E-state index in [-0.39, 0.29) is 5.91 Å². The number of carbonyl (C=O) groups excluding carboxylic acids is 1. The Labute approximate surface area is 199 Å². The van der Waals surface area contributed by atoms with Crippen LogP contribution in [0, 0.1) is 0 Å². The van der Waals surface area contributed by atoms with Crippen molar-refractivity contribution in [2.24, 2.45) is 0 Å². The fourth-order valence-corrected chi connectivity index (χ4v) is 4.99. The van der Waals surface area contributed by atoms with Gasteiger partial charge in [0.2, 0.25) is 0 Å². The van der Waals surface area contributed by atoms with Gasteiger partial charge in [0.15, 0.2) is 5.82 Å². The first-order valence-electron chi connectivity index (χ1n) is 10.3. The molecule has 4 aromatic rings. The average Bonchev–Trinajstić information content (AvgIpc) is 3.43. The van der Waals surface area contributed by atoms with E-state index in [1.807, 2.05) is 42.5 Å². The molecule has 1 aliphatic rings. The normalized spacial score (nSPS) is 15.2. The Morgan fingerprint density at radius 3 is 2.88 bits per heavy atom. The van der Waals surface area contributed by atoms with Gasteiger partial charge in [0.05, 0.1) is 10.4 Å². The molecule has 0 bridgehead atoms. The summed E-state index contributed by atoms with van der Waals surface area (Å²) in [5.74, 6) is 0.548. The predicted molar refractivity (Wildman–Crippen MR) is 134 cm³/mol. The summed E-state index contributed by atoms with van der Waals surface area (Å²) in [6, 6.07) is 15.9. The number of nitrogens with one attached hydrogen (secondary N) is 1. The van der Waals surface area contributed by atoms with Crippen LogP contribution in [0.2, 0.25) is 0 Å². The Balaban J connectivity index is 1.34. The molecular weight excluding hydrogens is 454 g/mol. The largest absolute Gasteiger partial charge is 0.398 e. The Kier molecular flexibility index (Phi) is 5.84. The first-order chi connectivity index (χ1) is 16.1. The highest BCUT2D eigenvalue weighted by Crippen LogP contribution is 2.34. The number of aromatic nitrogens is 5. The third kappa shape index (κ3) is 4.48. The number of H-pyrrole nitrogens is 1. The molecule has 0 saturated carbocycles. The highest BCUT2D eigenvalue weighted by atomic mass is 32.2. The number of amides is 1. The molecule has 0 atom stereocenters. The minimum absolute atomic E-state index is 0.0759. The van der Waals surface area contributed by atoms with E-state index in [0.717, 1.165) is 27.6 Å². The maximum absolute atomic E-state index is 12.9. The number of carbonyl (C=O) groups is 1. The zero-order chi connectivity index (χ0) is 22.8. The summed E-state index contributed by atoms with van der Waals surface area (Å²) in [6.07, 6.45) is 4.92. The molecule has 0 radical (unpaired) electrons. The summed E-state index contributed by atoms with van der Waals surface area (Å²) in [5, 5.41) is 14.8. The molecule has 33 heavy (non-hydrogen) atoms. The number of benzene rings is 2. The number of anilines is 1. The van der Waals surface area contributed by atoms with E-state index in [9.17, 15) is 4.79 Å². The lowest BCUT2D eigenvalue weighted by Gasteiger charge is -2.13. The monoisotopic (exact) mass is 473 g/mol. The summed E-state index contributed by atoms with van der Waals surface area (Å²) in [6.45, 7) is 0.517. The Bertz CT molecular complexity index is 1380. The van der Waals surface area contributed by atoms with Crippen molar-refractivity contribution in [3.63, 3.8) is 0 Å². The third-order valence-corrected chi connectivity index (χ3v) is 6.72. The van der Waals surface area contributed by atoms with E-state index in [1.165, 1.54) is 11.8 Å². The van der Waals surface area contributed by atoms with Crippen molar-refractivity contribution >= 4 is 56.9 Å². The Morgan fingerprint density at radius 1 is 1.15 bits per heavy atom. The summed E-state index contributed by atoms with van der Waals surface area (Å²) in [5.41, 5.74) is 10.7. The van der Waals surface area contributed by atoms with Crippen LogP contribution >= 0.6 is 24.0 Å². The number of pyridine rings is 1. The third-order valence-electron chi connectivity index (χ3n) is 5.34. The predicted octanol–water partition coefficient (Wildman–Crippen LogP) is 3.83. The van der Waals surface area contributed by atoms with Gasteiger partial charge in [-0.05, 0) is 53.5 Å². The van der Waals surface area contributed by atoms with Gasteiger partial charge in [-0.25, -0.2) is 0 Å². The van der Waals surface area contributed by atoms with E-state index < -0.39 is 0 Å². The number of hydrogen-bond donors (Lipinski definition) is 2. The molecule has 3 N–H and O–H groups in total. The molecule has 0 aliphatic carbocycles. The van der Waals surface area contributed by atoms with Crippen LogP contribution in [0.1, 0.15) is 17.8 Å². The Morgan fingerprint density at radius 2 is 2.03 bits per heavy atom. The molecule has 1 saturated heterocycles. The fraction of sp³-hybridized carbons (Fsp3) is 0.130. The van der Waals surface area contributed by atoms with Crippen LogP contribution in [0.4, 0.5) is 5.69 Å². The van der Waals surface area contributed by atoms with E-state index in [2.05, 4.69) is 31.7 Å². The van der Waals surface area contributed by atoms with Crippen LogP contribution in [0.5, 0.6) is 0 Å². The van der Waals surface area contributed by atoms with Crippen LogP contribution < -0.4 is 5.73 Å². The summed E-state index contributed by atoms with van der Waals surface area (Å²) >= 11 is 6.77. The smallest absolute Gasteiger partial charge is 0.266 e. The molecule has 2 aromatic heterocycles. The zero-order valence-corrected chi connectivity index (χ0v) is 19.1. The van der Waals surface area contributed by atoms with Crippen molar-refractivity contribution in [3.8, 4) is 11.1 Å². The van der Waals surface area contributed by atoms with Crippen molar-refractivity contribution in [1.82, 2.24) is 30.5 Å². The maximum atomic E-state index is 12.9. The van der Waals surface area contributed by atoms with E-state index in [0.29, 0.717) is 40.1 Å². The number of nitrogen functional groups attached to an aromatic ring is 1. The number of thiocarbonyl (C=S) groups is 1. The van der Waals surface area contributed by atoms with Crippen LogP contribution in [0.15, 0.2) is 59.6 Å². The van der Waals surface area contributed by atoms with Crippen molar-refractivity contribution < 1.29 is 4.79 Å². The van der Waals surface area contributed by atoms with E-state index in [4.69, 9.17) is 18.0 Å². The quantitative estimate of drug-likeness (QED) is 0.321. The number of fused-ring (bicyclic) bond motifs is 1. The molecule has 1 aliphatic heterocycles. The van der Waals surface area contributed by atoms with Gasteiger partial charge in [0.25, 0.3) is 5.91 Å². The molecule has 8 nitrogen and oxygen atoms in total. The number of hydrogen-bond acceptors (Lipinski definition) is 8. The minimum atomic E-state index is -0.0759. The summed E-state index contributed by atoms with van der Waals surface area (Å²) in [4.78, 5) is 19.5. The number of nitrogens with two attached hydrogens (primary N) is 1. The molecule has 10 heteroatoms. The van der Waals surface area contributed by atoms with Gasteiger partial charge in [-0.1, -0.05) is 53.5 Å². The average molecular weight is 474 g/mol. The number of aromatic amines is 1. The molecule has 0 spiro atoms. The minimum Gasteiger partial charge on any atom is -0.398 e. The van der Waals surface area contributed by atoms with Crippen molar-refractivity contribution in [2.75, 3.05) is 12.3 Å². The van der Waals surface area contributed by atoms with Gasteiger partial charge in [-0.15, -0.1) is 10.2 Å². The maximum Gasteiger partial charge on any atom is 0.266 e.